The molecule has 1 aliphatic heterocycles. The maximum atomic E-state index is 2.41. The number of quaternary nitrogens is 1. The fraction of sp³-hybridized carbons (Fsp3) is 0.600. The summed E-state index contributed by atoms with van der Waals surface area (Å²) in [6, 6.07) is 11.1. The van der Waals surface area contributed by atoms with Crippen molar-refractivity contribution in [2.24, 2.45) is 5.41 Å². The maximum absolute atomic E-state index is 2.41. The first-order chi connectivity index (χ1) is 7.58. The Hall–Kier alpha value is -0.820. The molecular formula is C15H24N+. The Morgan fingerprint density at radius 1 is 1.19 bits per heavy atom. The monoisotopic (exact) mass is 218 g/mol. The standard InChI is InChI=1S/C15H24N/c1-4-16(14-9-6-5-7-10-14)12-8-11-15(2,3)13-16/h5-7,9-10H,4,8,11-13H2,1-3H3/q+1. The van der Waals surface area contributed by atoms with Gasteiger partial charge in [-0.25, -0.2) is 0 Å². The fourth-order valence-electron chi connectivity index (χ4n) is 3.25. The Bertz CT molecular complexity index is 342. The van der Waals surface area contributed by atoms with Crippen LogP contribution in [0.2, 0.25) is 0 Å². The third kappa shape index (κ3) is 2.15. The lowest BCUT2D eigenvalue weighted by Crippen LogP contribution is -2.57. The van der Waals surface area contributed by atoms with Gasteiger partial charge in [-0.3, -0.25) is 4.48 Å². The van der Waals surface area contributed by atoms with E-state index in [0.29, 0.717) is 5.41 Å². The molecular weight excluding hydrogens is 194 g/mol. The van der Waals surface area contributed by atoms with Crippen LogP contribution >= 0.6 is 0 Å². The van der Waals surface area contributed by atoms with Crippen LogP contribution in [0.4, 0.5) is 5.69 Å². The Morgan fingerprint density at radius 2 is 1.88 bits per heavy atom. The minimum atomic E-state index is 0.490. The van der Waals surface area contributed by atoms with Gasteiger partial charge in [-0.1, -0.05) is 32.0 Å². The number of likely N-dealkylation sites (tertiary alicyclic amines) is 1. The lowest BCUT2D eigenvalue weighted by molar-refractivity contribution is 0.126. The summed E-state index contributed by atoms with van der Waals surface area (Å²) in [7, 11) is 0. The van der Waals surface area contributed by atoms with Crippen LogP contribution in [-0.2, 0) is 0 Å². The highest BCUT2D eigenvalue weighted by Gasteiger charge is 2.39. The van der Waals surface area contributed by atoms with Crippen molar-refractivity contribution in [3.63, 3.8) is 0 Å². The second-order valence-corrected chi connectivity index (χ2v) is 5.95. The van der Waals surface area contributed by atoms with Gasteiger partial charge in [0.05, 0.1) is 19.6 Å². The van der Waals surface area contributed by atoms with Crippen molar-refractivity contribution in [1.29, 1.82) is 0 Å². The molecule has 1 nitrogen and oxygen atoms in total. The molecule has 1 aromatic rings. The molecule has 1 saturated heterocycles. The molecule has 0 saturated carbocycles. The molecule has 1 unspecified atom stereocenters. The summed E-state index contributed by atoms with van der Waals surface area (Å²) >= 11 is 0. The molecule has 0 N–H and O–H groups in total. The van der Waals surface area contributed by atoms with Crippen molar-refractivity contribution in [3.05, 3.63) is 30.3 Å². The zero-order valence-corrected chi connectivity index (χ0v) is 10.9. The minimum Gasteiger partial charge on any atom is -0.291 e. The lowest BCUT2D eigenvalue weighted by Gasteiger charge is -2.46. The van der Waals surface area contributed by atoms with Crippen LogP contribution in [0.1, 0.15) is 33.6 Å². The van der Waals surface area contributed by atoms with Gasteiger partial charge in [-0.15, -0.1) is 0 Å². The van der Waals surface area contributed by atoms with E-state index in [1.54, 1.807) is 0 Å². The molecule has 1 aromatic carbocycles. The first-order valence-electron chi connectivity index (χ1n) is 6.50. The molecule has 1 atom stereocenters. The van der Waals surface area contributed by atoms with E-state index in [4.69, 9.17) is 0 Å². The smallest absolute Gasteiger partial charge is 0.132 e. The predicted octanol–water partition coefficient (Wildman–Crippen LogP) is 3.83. The normalized spacial score (nSPS) is 28.9. The average molecular weight is 218 g/mol. The number of nitrogens with zero attached hydrogens (tertiary/aromatic N) is 1. The molecule has 0 amide bonds. The first kappa shape index (κ1) is 11.7. The summed E-state index contributed by atoms with van der Waals surface area (Å²) < 4.78 is 1.17. The molecule has 0 radical (unpaired) electrons. The van der Waals surface area contributed by atoms with Crippen molar-refractivity contribution in [2.75, 3.05) is 19.6 Å². The second kappa shape index (κ2) is 4.21. The Morgan fingerprint density at radius 3 is 2.44 bits per heavy atom. The summed E-state index contributed by atoms with van der Waals surface area (Å²) in [6.07, 6.45) is 2.73. The van der Waals surface area contributed by atoms with E-state index >= 15 is 0 Å². The van der Waals surface area contributed by atoms with Crippen molar-refractivity contribution in [3.8, 4) is 0 Å². The van der Waals surface area contributed by atoms with Crippen LogP contribution in [-0.4, -0.2) is 19.6 Å². The van der Waals surface area contributed by atoms with Gasteiger partial charge < -0.3 is 0 Å². The molecule has 16 heavy (non-hydrogen) atoms. The van der Waals surface area contributed by atoms with Gasteiger partial charge in [0.1, 0.15) is 5.69 Å². The topological polar surface area (TPSA) is 0 Å². The summed E-state index contributed by atoms with van der Waals surface area (Å²) in [4.78, 5) is 0. The third-order valence-corrected chi connectivity index (χ3v) is 4.08. The summed E-state index contributed by atoms with van der Waals surface area (Å²) in [5, 5.41) is 0. The number of benzene rings is 1. The predicted molar refractivity (Wildman–Crippen MR) is 71.5 cm³/mol. The van der Waals surface area contributed by atoms with Crippen LogP contribution in [0.15, 0.2) is 30.3 Å². The Labute approximate surface area is 99.7 Å². The van der Waals surface area contributed by atoms with E-state index in [9.17, 15) is 0 Å². The zero-order valence-electron chi connectivity index (χ0n) is 10.9. The molecule has 0 aliphatic carbocycles. The number of rotatable bonds is 2. The minimum absolute atomic E-state index is 0.490. The van der Waals surface area contributed by atoms with E-state index in [1.807, 2.05) is 0 Å². The van der Waals surface area contributed by atoms with E-state index in [1.165, 1.54) is 42.6 Å². The van der Waals surface area contributed by atoms with Gasteiger partial charge >= 0.3 is 0 Å². The molecule has 1 aliphatic rings. The van der Waals surface area contributed by atoms with Gasteiger partial charge in [0, 0.05) is 5.41 Å². The van der Waals surface area contributed by atoms with E-state index in [0.717, 1.165) is 0 Å². The molecule has 1 heteroatoms. The summed E-state index contributed by atoms with van der Waals surface area (Å²) in [5.74, 6) is 0. The number of hydrogen-bond donors (Lipinski definition) is 0. The SMILES string of the molecule is CC[N+]1(c2ccccc2)CCCC(C)(C)C1. The number of para-hydroxylation sites is 1. The molecule has 0 spiro atoms. The van der Waals surface area contributed by atoms with Crippen LogP contribution in [0, 0.1) is 5.41 Å². The lowest BCUT2D eigenvalue weighted by atomic mass is 9.82. The van der Waals surface area contributed by atoms with Gasteiger partial charge in [0.25, 0.3) is 0 Å². The number of piperidine rings is 1. The van der Waals surface area contributed by atoms with E-state index < -0.39 is 0 Å². The van der Waals surface area contributed by atoms with Gasteiger partial charge in [-0.2, -0.15) is 0 Å². The highest BCUT2D eigenvalue weighted by atomic mass is 15.4. The Balaban J connectivity index is 2.33. The zero-order chi connectivity index (χ0) is 11.6. The van der Waals surface area contributed by atoms with Gasteiger partial charge in [-0.05, 0) is 31.9 Å². The molecule has 1 heterocycles. The van der Waals surface area contributed by atoms with Crippen molar-refractivity contribution in [1.82, 2.24) is 4.48 Å². The second-order valence-electron chi connectivity index (χ2n) is 5.95. The summed E-state index contributed by atoms with van der Waals surface area (Å²) in [6.45, 7) is 11.0. The van der Waals surface area contributed by atoms with Crippen molar-refractivity contribution >= 4 is 5.69 Å². The van der Waals surface area contributed by atoms with Crippen LogP contribution in [0.5, 0.6) is 0 Å². The number of hydrogen-bond acceptors (Lipinski definition) is 0. The maximum Gasteiger partial charge on any atom is 0.132 e. The average Bonchev–Trinajstić information content (AvgIpc) is 2.29. The van der Waals surface area contributed by atoms with E-state index in [-0.39, 0.29) is 0 Å². The van der Waals surface area contributed by atoms with Crippen LogP contribution < -0.4 is 4.48 Å². The van der Waals surface area contributed by atoms with Crippen LogP contribution in [0.3, 0.4) is 0 Å². The van der Waals surface area contributed by atoms with Crippen LogP contribution in [0.25, 0.3) is 0 Å². The van der Waals surface area contributed by atoms with Gasteiger partial charge in [0.2, 0.25) is 0 Å². The highest BCUT2D eigenvalue weighted by molar-refractivity contribution is 5.43. The first-order valence-corrected chi connectivity index (χ1v) is 6.50. The Kier molecular flexibility index (Phi) is 3.07. The third-order valence-electron chi connectivity index (χ3n) is 4.08. The molecule has 2 rings (SSSR count). The summed E-state index contributed by atoms with van der Waals surface area (Å²) in [5.41, 5.74) is 1.99. The molecule has 88 valence electrons. The highest BCUT2D eigenvalue weighted by Crippen LogP contribution is 2.36. The largest absolute Gasteiger partial charge is 0.291 e. The van der Waals surface area contributed by atoms with Crippen molar-refractivity contribution in [2.45, 2.75) is 33.6 Å². The molecule has 0 bridgehead atoms. The quantitative estimate of drug-likeness (QED) is 0.662. The van der Waals surface area contributed by atoms with Crippen molar-refractivity contribution < 1.29 is 0 Å². The van der Waals surface area contributed by atoms with E-state index in [2.05, 4.69) is 51.1 Å². The fourth-order valence-corrected chi connectivity index (χ4v) is 3.25. The molecule has 1 fully saturated rings. The van der Waals surface area contributed by atoms with Gasteiger partial charge in [0.15, 0.2) is 0 Å². The molecule has 0 aromatic heterocycles.